The first-order chi connectivity index (χ1) is 7.70. The number of aryl methyl sites for hydroxylation is 1. The van der Waals surface area contributed by atoms with Gasteiger partial charge in [-0.05, 0) is 24.6 Å². The van der Waals surface area contributed by atoms with Crippen molar-refractivity contribution in [1.82, 2.24) is 9.97 Å². The van der Waals surface area contributed by atoms with Crippen molar-refractivity contribution in [2.45, 2.75) is 6.92 Å². The number of carbonyl (C=O) groups excluding carboxylic acids is 1. The van der Waals surface area contributed by atoms with E-state index in [1.54, 1.807) is 12.3 Å². The Bertz CT molecular complexity index is 540. The fourth-order valence-electron chi connectivity index (χ4n) is 1.31. The monoisotopic (exact) mass is 276 g/mol. The van der Waals surface area contributed by atoms with Gasteiger partial charge in [-0.2, -0.15) is 0 Å². The van der Waals surface area contributed by atoms with E-state index in [1.807, 2.05) is 25.1 Å². The lowest BCUT2D eigenvalue weighted by Gasteiger charge is -2.03. The lowest BCUT2D eigenvalue weighted by atomic mass is 10.1. The molecule has 16 heavy (non-hydrogen) atoms. The molecular weight excluding hydrogens is 268 g/mol. The number of halogens is 1. The number of rotatable bonds is 2. The number of aldehydes is 1. The summed E-state index contributed by atoms with van der Waals surface area (Å²) < 4.78 is 1.00. The van der Waals surface area contributed by atoms with Gasteiger partial charge >= 0.3 is 0 Å². The average molecular weight is 277 g/mol. The first kappa shape index (κ1) is 11.0. The molecular formula is C12H9BrN2O. The zero-order chi connectivity index (χ0) is 11.5. The van der Waals surface area contributed by atoms with Crippen LogP contribution in [0.15, 0.2) is 34.9 Å². The van der Waals surface area contributed by atoms with Crippen LogP contribution in [0.3, 0.4) is 0 Å². The summed E-state index contributed by atoms with van der Waals surface area (Å²) in [5.74, 6) is 0.560. The molecule has 0 fully saturated rings. The molecule has 2 rings (SSSR count). The van der Waals surface area contributed by atoms with Gasteiger partial charge in [-0.25, -0.2) is 9.97 Å². The molecule has 0 spiro atoms. The van der Waals surface area contributed by atoms with Crippen molar-refractivity contribution < 1.29 is 4.79 Å². The Morgan fingerprint density at radius 1 is 1.31 bits per heavy atom. The van der Waals surface area contributed by atoms with Crippen LogP contribution in [0.1, 0.15) is 16.1 Å². The van der Waals surface area contributed by atoms with Crippen LogP contribution in [0.25, 0.3) is 11.4 Å². The maximum Gasteiger partial charge on any atom is 0.168 e. The molecule has 80 valence electrons. The fourth-order valence-corrected chi connectivity index (χ4v) is 1.69. The van der Waals surface area contributed by atoms with Crippen LogP contribution in [0, 0.1) is 6.92 Å². The van der Waals surface area contributed by atoms with Gasteiger partial charge in [0.05, 0.1) is 0 Å². The van der Waals surface area contributed by atoms with E-state index in [1.165, 1.54) is 0 Å². The fraction of sp³-hybridized carbons (Fsp3) is 0.0833. The summed E-state index contributed by atoms with van der Waals surface area (Å²) in [6, 6.07) is 7.44. The predicted octanol–water partition coefficient (Wildman–Crippen LogP) is 3.03. The second-order valence-corrected chi connectivity index (χ2v) is 4.24. The third-order valence-corrected chi connectivity index (χ3v) is 3.08. The largest absolute Gasteiger partial charge is 0.296 e. The molecule has 1 aromatic heterocycles. The van der Waals surface area contributed by atoms with Gasteiger partial charge in [0.15, 0.2) is 12.1 Å². The predicted molar refractivity (Wildman–Crippen MR) is 65.3 cm³/mol. The maximum absolute atomic E-state index is 10.6. The Hall–Kier alpha value is -1.55. The van der Waals surface area contributed by atoms with E-state index < -0.39 is 0 Å². The first-order valence-electron chi connectivity index (χ1n) is 4.75. The van der Waals surface area contributed by atoms with Gasteiger partial charge in [0.25, 0.3) is 0 Å². The highest BCUT2D eigenvalue weighted by atomic mass is 79.9. The van der Waals surface area contributed by atoms with Crippen LogP contribution in [0.4, 0.5) is 0 Å². The molecule has 0 saturated heterocycles. The van der Waals surface area contributed by atoms with Crippen molar-refractivity contribution >= 4 is 22.2 Å². The number of carbonyl (C=O) groups is 1. The van der Waals surface area contributed by atoms with E-state index >= 15 is 0 Å². The number of hydrogen-bond acceptors (Lipinski definition) is 3. The van der Waals surface area contributed by atoms with Crippen molar-refractivity contribution in [3.8, 4) is 11.4 Å². The van der Waals surface area contributed by atoms with Gasteiger partial charge in [0.2, 0.25) is 0 Å². The highest BCUT2D eigenvalue weighted by Crippen LogP contribution is 2.22. The minimum Gasteiger partial charge on any atom is -0.296 e. The lowest BCUT2D eigenvalue weighted by molar-refractivity contribution is 0.111. The summed E-state index contributed by atoms with van der Waals surface area (Å²) in [6.45, 7) is 2.01. The quantitative estimate of drug-likeness (QED) is 0.792. The molecule has 0 N–H and O–H groups in total. The van der Waals surface area contributed by atoms with Crippen molar-refractivity contribution in [1.29, 1.82) is 0 Å². The molecule has 0 unspecified atom stereocenters. The molecule has 0 saturated carbocycles. The molecule has 0 aliphatic carbocycles. The minimum absolute atomic E-state index is 0.390. The van der Waals surface area contributed by atoms with Gasteiger partial charge in [0.1, 0.15) is 5.69 Å². The van der Waals surface area contributed by atoms with Gasteiger partial charge in [-0.3, -0.25) is 4.79 Å². The molecule has 0 aliphatic rings. The summed E-state index contributed by atoms with van der Waals surface area (Å²) in [5.41, 5.74) is 2.43. The molecule has 0 atom stereocenters. The van der Waals surface area contributed by atoms with Crippen molar-refractivity contribution in [3.05, 3.63) is 46.2 Å². The Balaban J connectivity index is 2.49. The summed E-state index contributed by atoms with van der Waals surface area (Å²) in [4.78, 5) is 18.9. The van der Waals surface area contributed by atoms with Crippen LogP contribution in [-0.4, -0.2) is 16.3 Å². The highest BCUT2D eigenvalue weighted by molar-refractivity contribution is 9.10. The SMILES string of the molecule is Cc1ccc(-c2nccc(C=O)n2)cc1Br. The van der Waals surface area contributed by atoms with Crippen LogP contribution in [0.5, 0.6) is 0 Å². The van der Waals surface area contributed by atoms with Crippen molar-refractivity contribution in [3.63, 3.8) is 0 Å². The first-order valence-corrected chi connectivity index (χ1v) is 5.55. The van der Waals surface area contributed by atoms with Crippen molar-refractivity contribution in [2.24, 2.45) is 0 Å². The van der Waals surface area contributed by atoms with Crippen LogP contribution >= 0.6 is 15.9 Å². The summed E-state index contributed by atoms with van der Waals surface area (Å²) in [5, 5.41) is 0. The highest BCUT2D eigenvalue weighted by Gasteiger charge is 2.04. The molecule has 1 aromatic carbocycles. The minimum atomic E-state index is 0.390. The van der Waals surface area contributed by atoms with Crippen LogP contribution in [-0.2, 0) is 0 Å². The number of benzene rings is 1. The lowest BCUT2D eigenvalue weighted by Crippen LogP contribution is -1.93. The van der Waals surface area contributed by atoms with E-state index in [2.05, 4.69) is 25.9 Å². The van der Waals surface area contributed by atoms with E-state index in [-0.39, 0.29) is 0 Å². The van der Waals surface area contributed by atoms with Gasteiger partial charge < -0.3 is 0 Å². The second-order valence-electron chi connectivity index (χ2n) is 3.39. The van der Waals surface area contributed by atoms with E-state index in [9.17, 15) is 4.79 Å². The zero-order valence-corrected chi connectivity index (χ0v) is 10.2. The topological polar surface area (TPSA) is 42.9 Å². The normalized spacial score (nSPS) is 10.1. The van der Waals surface area contributed by atoms with E-state index in [4.69, 9.17) is 0 Å². The van der Waals surface area contributed by atoms with Gasteiger partial charge in [-0.15, -0.1) is 0 Å². The third kappa shape index (κ3) is 2.17. The Morgan fingerprint density at radius 3 is 2.81 bits per heavy atom. The number of aromatic nitrogens is 2. The maximum atomic E-state index is 10.6. The third-order valence-electron chi connectivity index (χ3n) is 2.23. The van der Waals surface area contributed by atoms with Crippen molar-refractivity contribution in [2.75, 3.05) is 0 Å². The number of hydrogen-bond donors (Lipinski definition) is 0. The standard InChI is InChI=1S/C12H9BrN2O/c1-8-2-3-9(6-11(8)13)12-14-5-4-10(7-16)15-12/h2-7H,1H3. The van der Waals surface area contributed by atoms with Gasteiger partial charge in [-0.1, -0.05) is 28.1 Å². The van der Waals surface area contributed by atoms with Gasteiger partial charge in [0, 0.05) is 16.2 Å². The second kappa shape index (κ2) is 4.53. The molecule has 0 aliphatic heterocycles. The Labute approximate surface area is 102 Å². The van der Waals surface area contributed by atoms with Crippen LogP contribution in [0.2, 0.25) is 0 Å². The molecule has 4 heteroatoms. The van der Waals surface area contributed by atoms with Crippen LogP contribution < -0.4 is 0 Å². The van der Waals surface area contributed by atoms with E-state index in [0.29, 0.717) is 17.8 Å². The molecule has 0 radical (unpaired) electrons. The van der Waals surface area contributed by atoms with E-state index in [0.717, 1.165) is 15.6 Å². The summed E-state index contributed by atoms with van der Waals surface area (Å²) >= 11 is 3.45. The summed E-state index contributed by atoms with van der Waals surface area (Å²) in [7, 11) is 0. The molecule has 0 bridgehead atoms. The Morgan fingerprint density at radius 2 is 2.12 bits per heavy atom. The molecule has 0 amide bonds. The number of nitrogens with zero attached hydrogens (tertiary/aromatic N) is 2. The molecule has 2 aromatic rings. The smallest absolute Gasteiger partial charge is 0.168 e. The molecule has 3 nitrogen and oxygen atoms in total. The zero-order valence-electron chi connectivity index (χ0n) is 8.64. The average Bonchev–Trinajstić information content (AvgIpc) is 2.33. The Kier molecular flexibility index (Phi) is 3.10. The summed E-state index contributed by atoms with van der Waals surface area (Å²) in [6.07, 6.45) is 2.30. The molecule has 1 heterocycles.